The molecule has 0 heterocycles. The second kappa shape index (κ2) is 9.92. The Bertz CT molecular complexity index is 836. The van der Waals surface area contributed by atoms with Gasteiger partial charge >= 0.3 is 0 Å². The summed E-state index contributed by atoms with van der Waals surface area (Å²) in [6.07, 6.45) is 3.42. The van der Waals surface area contributed by atoms with Gasteiger partial charge in [0.2, 0.25) is 15.9 Å². The zero-order chi connectivity index (χ0) is 22.5. The van der Waals surface area contributed by atoms with Crippen LogP contribution in [0.3, 0.4) is 0 Å². The first kappa shape index (κ1) is 24.3. The smallest absolute Gasteiger partial charge is 0.251 e. The SMILES string of the molecule is CCC(C)NC(=O)c1ccc(NC(=O)C2CCC(NS(=O)(=O)C(C)(C)C)CC2)cc1. The monoisotopic (exact) mass is 437 g/mol. The van der Waals surface area contributed by atoms with E-state index in [1.165, 1.54) is 0 Å². The molecule has 8 heteroatoms. The average Bonchev–Trinajstić information content (AvgIpc) is 2.67. The zero-order valence-corrected chi connectivity index (χ0v) is 19.4. The van der Waals surface area contributed by atoms with Crippen LogP contribution in [-0.4, -0.2) is 37.1 Å². The molecule has 0 radical (unpaired) electrons. The van der Waals surface area contributed by atoms with Gasteiger partial charge in [-0.15, -0.1) is 0 Å². The minimum atomic E-state index is -3.39. The molecule has 168 valence electrons. The molecule has 1 aromatic rings. The normalized spacial score (nSPS) is 21.0. The van der Waals surface area contributed by atoms with Gasteiger partial charge < -0.3 is 10.6 Å². The number of anilines is 1. The second-order valence-electron chi connectivity index (χ2n) is 9.13. The summed E-state index contributed by atoms with van der Waals surface area (Å²) in [6, 6.07) is 6.84. The molecule has 2 amide bonds. The van der Waals surface area contributed by atoms with Crippen molar-refractivity contribution in [3.8, 4) is 0 Å². The van der Waals surface area contributed by atoms with Crippen LogP contribution < -0.4 is 15.4 Å². The molecule has 0 saturated heterocycles. The summed E-state index contributed by atoms with van der Waals surface area (Å²) in [4.78, 5) is 24.7. The maximum atomic E-state index is 12.6. The van der Waals surface area contributed by atoms with Gasteiger partial charge in [0.05, 0.1) is 4.75 Å². The van der Waals surface area contributed by atoms with Gasteiger partial charge in [-0.1, -0.05) is 6.92 Å². The van der Waals surface area contributed by atoms with Crippen molar-refractivity contribution in [2.75, 3.05) is 5.32 Å². The first-order chi connectivity index (χ1) is 13.9. The number of rotatable bonds is 7. The van der Waals surface area contributed by atoms with E-state index in [2.05, 4.69) is 15.4 Å². The van der Waals surface area contributed by atoms with Crippen LogP contribution in [0.15, 0.2) is 24.3 Å². The van der Waals surface area contributed by atoms with Crippen molar-refractivity contribution in [2.24, 2.45) is 5.92 Å². The number of hydrogen-bond acceptors (Lipinski definition) is 4. The molecule has 2 rings (SSSR count). The van der Waals surface area contributed by atoms with Crippen molar-refractivity contribution in [3.05, 3.63) is 29.8 Å². The molecule has 1 fully saturated rings. The Hall–Kier alpha value is -1.93. The van der Waals surface area contributed by atoms with E-state index in [4.69, 9.17) is 0 Å². The fourth-order valence-electron chi connectivity index (χ4n) is 3.23. The summed E-state index contributed by atoms with van der Waals surface area (Å²) in [7, 11) is -3.39. The lowest BCUT2D eigenvalue weighted by Gasteiger charge is -2.30. The van der Waals surface area contributed by atoms with Crippen LogP contribution >= 0.6 is 0 Å². The third-order valence-electron chi connectivity index (χ3n) is 5.63. The van der Waals surface area contributed by atoms with E-state index in [-0.39, 0.29) is 29.8 Å². The minimum Gasteiger partial charge on any atom is -0.350 e. The van der Waals surface area contributed by atoms with Gasteiger partial charge in [-0.3, -0.25) is 9.59 Å². The summed E-state index contributed by atoms with van der Waals surface area (Å²) in [6.45, 7) is 8.99. The summed E-state index contributed by atoms with van der Waals surface area (Å²) in [5, 5.41) is 5.82. The second-order valence-corrected chi connectivity index (χ2v) is 11.6. The van der Waals surface area contributed by atoms with E-state index in [1.807, 2.05) is 13.8 Å². The van der Waals surface area contributed by atoms with Crippen LogP contribution in [0.25, 0.3) is 0 Å². The third kappa shape index (κ3) is 6.54. The largest absolute Gasteiger partial charge is 0.350 e. The Morgan fingerprint density at radius 1 is 1.07 bits per heavy atom. The van der Waals surface area contributed by atoms with Crippen LogP contribution in [0.1, 0.15) is 77.1 Å². The molecule has 1 aliphatic carbocycles. The number of carbonyl (C=O) groups excluding carboxylic acids is 2. The number of hydrogen-bond donors (Lipinski definition) is 3. The van der Waals surface area contributed by atoms with Gasteiger partial charge in [0.1, 0.15) is 0 Å². The lowest BCUT2D eigenvalue weighted by atomic mass is 9.86. The Morgan fingerprint density at radius 2 is 1.63 bits per heavy atom. The van der Waals surface area contributed by atoms with Crippen LogP contribution in [0.4, 0.5) is 5.69 Å². The van der Waals surface area contributed by atoms with Crippen molar-refractivity contribution in [2.45, 2.75) is 83.6 Å². The van der Waals surface area contributed by atoms with Crippen LogP contribution in [0, 0.1) is 5.92 Å². The summed E-state index contributed by atoms with van der Waals surface area (Å²) in [5.41, 5.74) is 1.20. The molecule has 1 aromatic carbocycles. The van der Waals surface area contributed by atoms with E-state index in [9.17, 15) is 18.0 Å². The molecule has 0 bridgehead atoms. The van der Waals surface area contributed by atoms with Gasteiger partial charge in [-0.2, -0.15) is 0 Å². The van der Waals surface area contributed by atoms with Crippen LogP contribution in [-0.2, 0) is 14.8 Å². The summed E-state index contributed by atoms with van der Waals surface area (Å²) in [5.74, 6) is -0.337. The molecular formula is C22H35N3O4S. The first-order valence-electron chi connectivity index (χ1n) is 10.7. The Labute approximate surface area is 180 Å². The van der Waals surface area contributed by atoms with E-state index >= 15 is 0 Å². The van der Waals surface area contributed by atoms with Crippen LogP contribution in [0.5, 0.6) is 0 Å². The standard InChI is InChI=1S/C22H35N3O4S/c1-6-15(2)23-20(26)16-7-11-18(12-8-16)24-21(27)17-9-13-19(14-10-17)25-30(28,29)22(3,4)5/h7-8,11-12,15,17,19,25H,6,9-10,13-14H2,1-5H3,(H,23,26)(H,24,27). The van der Waals surface area contributed by atoms with Gasteiger partial charge in [-0.05, 0) is 84.1 Å². The lowest BCUT2D eigenvalue weighted by molar-refractivity contribution is -0.120. The molecule has 0 aromatic heterocycles. The van der Waals surface area contributed by atoms with Crippen molar-refractivity contribution in [3.63, 3.8) is 0 Å². The Kier molecular flexibility index (Phi) is 8.05. The van der Waals surface area contributed by atoms with Gasteiger partial charge in [-0.25, -0.2) is 13.1 Å². The first-order valence-corrected chi connectivity index (χ1v) is 12.1. The fourth-order valence-corrected chi connectivity index (χ4v) is 4.26. The highest BCUT2D eigenvalue weighted by atomic mass is 32.2. The molecule has 1 saturated carbocycles. The molecule has 1 atom stereocenters. The predicted octanol–water partition coefficient (Wildman–Crippen LogP) is 3.43. The number of nitrogens with one attached hydrogen (secondary N) is 3. The van der Waals surface area contributed by atoms with E-state index in [0.717, 1.165) is 6.42 Å². The third-order valence-corrected chi connectivity index (χ3v) is 7.89. The van der Waals surface area contributed by atoms with Gasteiger partial charge in [0, 0.05) is 29.3 Å². The van der Waals surface area contributed by atoms with Crippen LogP contribution in [0.2, 0.25) is 0 Å². The fraction of sp³-hybridized carbons (Fsp3) is 0.636. The quantitative estimate of drug-likeness (QED) is 0.608. The highest BCUT2D eigenvalue weighted by molar-refractivity contribution is 7.90. The number of benzene rings is 1. The predicted molar refractivity (Wildman–Crippen MR) is 120 cm³/mol. The summed E-state index contributed by atoms with van der Waals surface area (Å²) >= 11 is 0. The highest BCUT2D eigenvalue weighted by Gasteiger charge is 2.34. The Morgan fingerprint density at radius 3 is 2.13 bits per heavy atom. The average molecular weight is 438 g/mol. The van der Waals surface area contributed by atoms with E-state index in [0.29, 0.717) is 36.9 Å². The molecule has 1 aliphatic rings. The van der Waals surface area contributed by atoms with Gasteiger partial charge in [0.15, 0.2) is 0 Å². The number of sulfonamides is 1. The number of amides is 2. The van der Waals surface area contributed by atoms with E-state index in [1.54, 1.807) is 45.0 Å². The topological polar surface area (TPSA) is 104 Å². The number of carbonyl (C=O) groups is 2. The molecule has 0 spiro atoms. The molecule has 30 heavy (non-hydrogen) atoms. The van der Waals surface area contributed by atoms with Crippen molar-refractivity contribution in [1.82, 2.24) is 10.0 Å². The zero-order valence-electron chi connectivity index (χ0n) is 18.6. The molecule has 1 unspecified atom stereocenters. The van der Waals surface area contributed by atoms with E-state index < -0.39 is 14.8 Å². The maximum absolute atomic E-state index is 12.6. The molecule has 3 N–H and O–H groups in total. The highest BCUT2D eigenvalue weighted by Crippen LogP contribution is 2.27. The summed E-state index contributed by atoms with van der Waals surface area (Å²) < 4.78 is 26.6. The minimum absolute atomic E-state index is 0.0658. The van der Waals surface area contributed by atoms with Gasteiger partial charge in [0.25, 0.3) is 5.91 Å². The maximum Gasteiger partial charge on any atom is 0.251 e. The molecule has 7 nitrogen and oxygen atoms in total. The molecular weight excluding hydrogens is 402 g/mol. The van der Waals surface area contributed by atoms with Crippen molar-refractivity contribution >= 4 is 27.5 Å². The lowest BCUT2D eigenvalue weighted by Crippen LogP contribution is -2.46. The molecule has 0 aliphatic heterocycles. The Balaban J connectivity index is 1.86. The van der Waals surface area contributed by atoms with Crippen molar-refractivity contribution in [1.29, 1.82) is 0 Å². The van der Waals surface area contributed by atoms with Crippen molar-refractivity contribution < 1.29 is 18.0 Å².